The predicted octanol–water partition coefficient (Wildman–Crippen LogP) is 1.13. The maximum absolute atomic E-state index is 5.68. The van der Waals surface area contributed by atoms with Crippen molar-refractivity contribution in [3.63, 3.8) is 0 Å². The molecule has 0 aliphatic heterocycles. The average molecular weight is 192 g/mol. The summed E-state index contributed by atoms with van der Waals surface area (Å²) < 4.78 is 10.9. The van der Waals surface area contributed by atoms with Crippen LogP contribution in [0, 0.1) is 0 Å². The van der Waals surface area contributed by atoms with Crippen LogP contribution >= 0.6 is 0 Å². The normalized spacial score (nSPS) is 12.2. The minimum Gasteiger partial charge on any atom is -0.497 e. The summed E-state index contributed by atoms with van der Waals surface area (Å²) in [5.41, 5.74) is 1.13. The highest BCUT2D eigenvalue weighted by atomic mass is 16.5. The molecule has 3 heteroatoms. The monoisotopic (exact) mass is 192 g/mol. The molecule has 14 heavy (non-hydrogen) atoms. The molecule has 0 heterocycles. The van der Waals surface area contributed by atoms with E-state index in [-0.39, 0.29) is 6.10 Å². The van der Waals surface area contributed by atoms with Crippen molar-refractivity contribution >= 4 is 13.3 Å². The maximum Gasteiger partial charge on any atom is 0.144 e. The van der Waals surface area contributed by atoms with Crippen LogP contribution in [0.25, 0.3) is 0 Å². The Labute approximate surface area is 86.6 Å². The smallest absolute Gasteiger partial charge is 0.144 e. The van der Waals surface area contributed by atoms with Crippen LogP contribution in [-0.4, -0.2) is 21.1 Å². The molecular formula is C11H17BO2. The lowest BCUT2D eigenvalue weighted by molar-refractivity contribution is 0.216. The van der Waals surface area contributed by atoms with Crippen LogP contribution in [0.15, 0.2) is 18.2 Å². The summed E-state index contributed by atoms with van der Waals surface area (Å²) in [5.74, 6) is 1.76. The molecule has 1 aromatic rings. The lowest BCUT2D eigenvalue weighted by atomic mass is 9.95. The predicted molar refractivity (Wildman–Crippen MR) is 61.6 cm³/mol. The van der Waals surface area contributed by atoms with Crippen LogP contribution in [-0.2, 0) is 0 Å². The van der Waals surface area contributed by atoms with Crippen molar-refractivity contribution in [3.8, 4) is 11.5 Å². The summed E-state index contributed by atoms with van der Waals surface area (Å²) in [6.07, 6.45) is 1.26. The van der Waals surface area contributed by atoms with Crippen molar-refractivity contribution in [2.45, 2.75) is 26.4 Å². The summed E-state index contributed by atoms with van der Waals surface area (Å²) in [6.45, 7) is 4.17. The van der Waals surface area contributed by atoms with E-state index in [1.165, 1.54) is 0 Å². The summed E-state index contributed by atoms with van der Waals surface area (Å²) in [4.78, 5) is 0. The van der Waals surface area contributed by atoms with Crippen LogP contribution in [0.3, 0.4) is 0 Å². The van der Waals surface area contributed by atoms with Crippen LogP contribution in [0.5, 0.6) is 11.5 Å². The van der Waals surface area contributed by atoms with Gasteiger partial charge in [0, 0.05) is 6.07 Å². The molecule has 76 valence electrons. The summed E-state index contributed by atoms with van der Waals surface area (Å²) >= 11 is 0. The molecular weight excluding hydrogens is 175 g/mol. The van der Waals surface area contributed by atoms with Crippen molar-refractivity contribution < 1.29 is 9.47 Å². The third-order valence-corrected chi connectivity index (χ3v) is 2.29. The molecule has 0 saturated carbocycles. The third kappa shape index (κ3) is 2.69. The van der Waals surface area contributed by atoms with Gasteiger partial charge >= 0.3 is 0 Å². The number of methoxy groups -OCH3 is 1. The molecule has 0 bridgehead atoms. The molecule has 2 nitrogen and oxygen atoms in total. The third-order valence-electron chi connectivity index (χ3n) is 2.29. The minimum absolute atomic E-state index is 0.252. The summed E-state index contributed by atoms with van der Waals surface area (Å²) in [5, 5.41) is 0. The molecule has 0 aromatic heterocycles. The Morgan fingerprint density at radius 2 is 2.14 bits per heavy atom. The molecule has 0 saturated heterocycles. The molecule has 0 radical (unpaired) electrons. The molecule has 0 N–H and O–H groups in total. The van der Waals surface area contributed by atoms with Crippen molar-refractivity contribution in [2.75, 3.05) is 7.11 Å². The van der Waals surface area contributed by atoms with E-state index in [0.29, 0.717) is 0 Å². The van der Waals surface area contributed by atoms with E-state index in [4.69, 9.17) is 9.47 Å². The quantitative estimate of drug-likeness (QED) is 0.665. The second-order valence-corrected chi connectivity index (χ2v) is 3.47. The van der Waals surface area contributed by atoms with E-state index in [0.717, 1.165) is 23.4 Å². The fourth-order valence-corrected chi connectivity index (χ4v) is 1.19. The highest BCUT2D eigenvalue weighted by Gasteiger charge is 2.03. The number of hydrogen-bond donors (Lipinski definition) is 0. The summed E-state index contributed by atoms with van der Waals surface area (Å²) in [6, 6.07) is 5.92. The van der Waals surface area contributed by atoms with Gasteiger partial charge in [0.1, 0.15) is 19.3 Å². The zero-order valence-electron chi connectivity index (χ0n) is 9.33. The van der Waals surface area contributed by atoms with E-state index in [9.17, 15) is 0 Å². The molecule has 0 amide bonds. The lowest BCUT2D eigenvalue weighted by Crippen LogP contribution is -2.12. The zero-order chi connectivity index (χ0) is 10.6. The number of hydrogen-bond acceptors (Lipinski definition) is 2. The molecule has 0 spiro atoms. The van der Waals surface area contributed by atoms with Crippen molar-refractivity contribution in [1.82, 2.24) is 0 Å². The van der Waals surface area contributed by atoms with Crippen LogP contribution in [0.4, 0.5) is 0 Å². The van der Waals surface area contributed by atoms with Crippen molar-refractivity contribution in [2.24, 2.45) is 0 Å². The van der Waals surface area contributed by atoms with Crippen LogP contribution in [0.1, 0.15) is 20.3 Å². The highest BCUT2D eigenvalue weighted by Crippen LogP contribution is 2.18. The first-order valence-corrected chi connectivity index (χ1v) is 4.98. The minimum atomic E-state index is 0.252. The van der Waals surface area contributed by atoms with Gasteiger partial charge in [0.05, 0.1) is 13.2 Å². The van der Waals surface area contributed by atoms with Gasteiger partial charge in [-0.3, -0.25) is 0 Å². The van der Waals surface area contributed by atoms with Crippen molar-refractivity contribution in [1.29, 1.82) is 0 Å². The Balaban J connectivity index is 2.79. The second kappa shape index (κ2) is 4.94. The van der Waals surface area contributed by atoms with Gasteiger partial charge in [0.2, 0.25) is 0 Å². The van der Waals surface area contributed by atoms with Gasteiger partial charge in [-0.15, -0.1) is 0 Å². The van der Waals surface area contributed by atoms with Crippen LogP contribution < -0.4 is 14.9 Å². The van der Waals surface area contributed by atoms with E-state index >= 15 is 0 Å². The Morgan fingerprint density at radius 1 is 1.43 bits per heavy atom. The van der Waals surface area contributed by atoms with E-state index in [1.54, 1.807) is 7.11 Å². The number of benzene rings is 1. The second-order valence-electron chi connectivity index (χ2n) is 3.47. The molecule has 1 rings (SSSR count). The van der Waals surface area contributed by atoms with Gasteiger partial charge in [-0.2, -0.15) is 0 Å². The SMILES string of the molecule is Bc1ccc(OC(C)CC)cc1OC. The van der Waals surface area contributed by atoms with E-state index in [2.05, 4.69) is 13.8 Å². The highest BCUT2D eigenvalue weighted by molar-refractivity contribution is 6.34. The van der Waals surface area contributed by atoms with E-state index in [1.807, 2.05) is 26.0 Å². The Bertz CT molecular complexity index is 299. The molecule has 1 unspecified atom stereocenters. The number of rotatable bonds is 4. The molecule has 0 aliphatic carbocycles. The van der Waals surface area contributed by atoms with Crippen LogP contribution in [0.2, 0.25) is 0 Å². The maximum atomic E-state index is 5.68. The topological polar surface area (TPSA) is 18.5 Å². The first-order chi connectivity index (χ1) is 6.67. The summed E-state index contributed by atoms with van der Waals surface area (Å²) in [7, 11) is 3.70. The first-order valence-electron chi connectivity index (χ1n) is 4.98. The Kier molecular flexibility index (Phi) is 3.87. The van der Waals surface area contributed by atoms with Gasteiger partial charge in [-0.25, -0.2) is 0 Å². The number of ether oxygens (including phenoxy) is 2. The van der Waals surface area contributed by atoms with Gasteiger partial charge in [0.15, 0.2) is 0 Å². The molecule has 1 atom stereocenters. The van der Waals surface area contributed by atoms with Gasteiger partial charge < -0.3 is 9.47 Å². The van der Waals surface area contributed by atoms with Crippen molar-refractivity contribution in [3.05, 3.63) is 18.2 Å². The zero-order valence-corrected chi connectivity index (χ0v) is 9.33. The lowest BCUT2D eigenvalue weighted by Gasteiger charge is -2.14. The Hall–Kier alpha value is -1.12. The fraction of sp³-hybridized carbons (Fsp3) is 0.455. The Morgan fingerprint density at radius 3 is 2.71 bits per heavy atom. The van der Waals surface area contributed by atoms with Gasteiger partial charge in [0.25, 0.3) is 0 Å². The molecule has 0 fully saturated rings. The standard InChI is InChI=1S/C11H17BO2/c1-4-8(2)14-9-5-6-10(12)11(7-9)13-3/h5-8H,4,12H2,1-3H3. The van der Waals surface area contributed by atoms with Gasteiger partial charge in [-0.05, 0) is 24.9 Å². The fourth-order valence-electron chi connectivity index (χ4n) is 1.19. The molecule has 1 aromatic carbocycles. The largest absolute Gasteiger partial charge is 0.497 e. The van der Waals surface area contributed by atoms with Gasteiger partial charge in [-0.1, -0.05) is 13.0 Å². The molecule has 0 aliphatic rings. The average Bonchev–Trinajstić information content (AvgIpc) is 2.20. The first kappa shape index (κ1) is 11.0. The van der Waals surface area contributed by atoms with E-state index < -0.39 is 0 Å².